The van der Waals surface area contributed by atoms with Crippen LogP contribution in [0.4, 0.5) is 0 Å². The first kappa shape index (κ1) is 16.2. The zero-order chi connectivity index (χ0) is 12.3. The van der Waals surface area contributed by atoms with E-state index in [-0.39, 0.29) is 9.76 Å². The van der Waals surface area contributed by atoms with Gasteiger partial charge in [-0.05, 0) is 24.3 Å². The number of rotatable bonds is 11. The van der Waals surface area contributed by atoms with Crippen LogP contribution in [-0.4, -0.2) is 14.6 Å². The molecular formula is C14H30OSi. The van der Waals surface area contributed by atoms with Crippen LogP contribution in [0.1, 0.15) is 78.6 Å². The molecule has 0 atom stereocenters. The van der Waals surface area contributed by atoms with Gasteiger partial charge in [0.1, 0.15) is 0 Å². The average molecular weight is 242 g/mol. The molecule has 0 saturated carbocycles. The van der Waals surface area contributed by atoms with E-state index in [9.17, 15) is 0 Å². The van der Waals surface area contributed by atoms with Crippen LogP contribution in [0.15, 0.2) is 0 Å². The number of hydrogen-bond donors (Lipinski definition) is 1. The first-order valence-electron chi connectivity index (χ1n) is 6.99. The zero-order valence-electron chi connectivity index (χ0n) is 11.5. The standard InChI is InChI=1S/C14H30OSi/c1-4-5-6-8-11-14(2,3)12-9-7-10-13-16-15/h15H,4-13H2,1-3H3. The van der Waals surface area contributed by atoms with Crippen LogP contribution in [0.25, 0.3) is 0 Å². The Hall–Kier alpha value is 0.177. The molecule has 0 unspecified atom stereocenters. The average Bonchev–Trinajstić information content (AvgIpc) is 2.24. The molecule has 0 rings (SSSR count). The second-order valence-electron chi connectivity index (χ2n) is 5.69. The zero-order valence-corrected chi connectivity index (χ0v) is 12.5. The predicted octanol–water partition coefficient (Wildman–Crippen LogP) is 4.57. The van der Waals surface area contributed by atoms with Crippen molar-refractivity contribution < 1.29 is 4.80 Å². The van der Waals surface area contributed by atoms with E-state index >= 15 is 0 Å². The number of unbranched alkanes of at least 4 members (excludes halogenated alkanes) is 5. The summed E-state index contributed by atoms with van der Waals surface area (Å²) < 4.78 is 0. The summed E-state index contributed by atoms with van der Waals surface area (Å²) in [7, 11) is 0.156. The van der Waals surface area contributed by atoms with Crippen LogP contribution < -0.4 is 0 Å². The van der Waals surface area contributed by atoms with Crippen LogP contribution in [0.2, 0.25) is 6.04 Å². The SMILES string of the molecule is CCCCCCC(C)(C)CCCCC[Si]O. The smallest absolute Gasteiger partial charge is 0.224 e. The van der Waals surface area contributed by atoms with Crippen LogP contribution >= 0.6 is 0 Å². The van der Waals surface area contributed by atoms with Crippen molar-refractivity contribution in [2.24, 2.45) is 5.41 Å². The third-order valence-electron chi connectivity index (χ3n) is 3.35. The van der Waals surface area contributed by atoms with Crippen molar-refractivity contribution in [1.82, 2.24) is 0 Å². The Morgan fingerprint density at radius 1 is 0.875 bits per heavy atom. The van der Waals surface area contributed by atoms with Crippen molar-refractivity contribution >= 4 is 9.76 Å². The molecule has 0 aromatic carbocycles. The van der Waals surface area contributed by atoms with Gasteiger partial charge in [0, 0.05) is 0 Å². The van der Waals surface area contributed by atoms with E-state index in [0.717, 1.165) is 6.04 Å². The highest BCUT2D eigenvalue weighted by Crippen LogP contribution is 2.30. The third-order valence-corrected chi connectivity index (χ3v) is 3.93. The minimum absolute atomic E-state index is 0.156. The van der Waals surface area contributed by atoms with Gasteiger partial charge in [0.25, 0.3) is 0 Å². The summed E-state index contributed by atoms with van der Waals surface area (Å²) >= 11 is 0. The van der Waals surface area contributed by atoms with Gasteiger partial charge in [-0.25, -0.2) is 0 Å². The summed E-state index contributed by atoms with van der Waals surface area (Å²) in [5.74, 6) is 0. The predicted molar refractivity (Wildman–Crippen MR) is 73.8 cm³/mol. The lowest BCUT2D eigenvalue weighted by Crippen LogP contribution is -2.11. The molecule has 2 heteroatoms. The molecule has 0 spiro atoms. The lowest BCUT2D eigenvalue weighted by molar-refractivity contribution is 0.283. The second kappa shape index (κ2) is 10.3. The summed E-state index contributed by atoms with van der Waals surface area (Å²) in [4.78, 5) is 8.72. The van der Waals surface area contributed by atoms with Gasteiger partial charge in [-0.2, -0.15) is 0 Å². The molecule has 0 amide bonds. The molecule has 1 nitrogen and oxygen atoms in total. The van der Waals surface area contributed by atoms with Gasteiger partial charge in [-0.3, -0.25) is 0 Å². The van der Waals surface area contributed by atoms with Crippen molar-refractivity contribution in [2.45, 2.75) is 84.6 Å². The summed E-state index contributed by atoms with van der Waals surface area (Å²) in [6, 6.07) is 1.01. The van der Waals surface area contributed by atoms with Crippen LogP contribution in [0.3, 0.4) is 0 Å². The normalized spacial score (nSPS) is 12.0. The fourth-order valence-corrected chi connectivity index (χ4v) is 2.55. The second-order valence-corrected chi connectivity index (χ2v) is 6.51. The van der Waals surface area contributed by atoms with Crippen molar-refractivity contribution in [1.29, 1.82) is 0 Å². The van der Waals surface area contributed by atoms with Crippen LogP contribution in [-0.2, 0) is 0 Å². The van der Waals surface area contributed by atoms with E-state index in [1.54, 1.807) is 0 Å². The van der Waals surface area contributed by atoms with E-state index in [4.69, 9.17) is 4.80 Å². The minimum atomic E-state index is 0.156. The fraction of sp³-hybridized carbons (Fsp3) is 1.00. The van der Waals surface area contributed by atoms with E-state index in [0.29, 0.717) is 5.41 Å². The largest absolute Gasteiger partial charge is 0.432 e. The Bertz CT molecular complexity index is 146. The molecule has 1 N–H and O–H groups in total. The van der Waals surface area contributed by atoms with E-state index in [2.05, 4.69) is 20.8 Å². The molecule has 0 saturated heterocycles. The summed E-state index contributed by atoms with van der Waals surface area (Å²) in [5.41, 5.74) is 0.537. The third kappa shape index (κ3) is 10.7. The molecule has 0 aliphatic heterocycles. The van der Waals surface area contributed by atoms with Gasteiger partial charge in [-0.1, -0.05) is 65.7 Å². The molecule has 0 aromatic rings. The quantitative estimate of drug-likeness (QED) is 0.415. The molecule has 0 heterocycles. The van der Waals surface area contributed by atoms with Crippen LogP contribution in [0.5, 0.6) is 0 Å². The molecule has 16 heavy (non-hydrogen) atoms. The van der Waals surface area contributed by atoms with Gasteiger partial charge in [0.05, 0.1) is 0 Å². The van der Waals surface area contributed by atoms with Crippen molar-refractivity contribution in [2.75, 3.05) is 0 Å². The van der Waals surface area contributed by atoms with Gasteiger partial charge in [0.15, 0.2) is 0 Å². The highest BCUT2D eigenvalue weighted by Gasteiger charge is 2.16. The first-order valence-corrected chi connectivity index (χ1v) is 8.15. The van der Waals surface area contributed by atoms with Gasteiger partial charge in [-0.15, -0.1) is 0 Å². The molecule has 2 radical (unpaired) electrons. The monoisotopic (exact) mass is 242 g/mol. The molecule has 0 fully saturated rings. The van der Waals surface area contributed by atoms with Gasteiger partial charge < -0.3 is 4.80 Å². The highest BCUT2D eigenvalue weighted by molar-refractivity contribution is 6.25. The fourth-order valence-electron chi connectivity index (χ4n) is 2.14. The van der Waals surface area contributed by atoms with Gasteiger partial charge in [0.2, 0.25) is 9.76 Å². The Morgan fingerprint density at radius 2 is 1.44 bits per heavy atom. The number of hydrogen-bond acceptors (Lipinski definition) is 1. The Kier molecular flexibility index (Phi) is 10.5. The Balaban J connectivity index is 3.38. The molecule has 0 aliphatic rings. The van der Waals surface area contributed by atoms with Crippen LogP contribution in [0, 0.1) is 5.41 Å². The lowest BCUT2D eigenvalue weighted by atomic mass is 9.82. The Morgan fingerprint density at radius 3 is 1.94 bits per heavy atom. The molecular weight excluding hydrogens is 212 g/mol. The van der Waals surface area contributed by atoms with E-state index < -0.39 is 0 Å². The van der Waals surface area contributed by atoms with Crippen molar-refractivity contribution in [3.8, 4) is 0 Å². The minimum Gasteiger partial charge on any atom is -0.432 e. The molecule has 96 valence electrons. The van der Waals surface area contributed by atoms with Gasteiger partial charge >= 0.3 is 0 Å². The summed E-state index contributed by atoms with van der Waals surface area (Å²) in [6.07, 6.45) is 12.1. The van der Waals surface area contributed by atoms with Crippen molar-refractivity contribution in [3.05, 3.63) is 0 Å². The topological polar surface area (TPSA) is 20.2 Å². The van der Waals surface area contributed by atoms with E-state index in [1.165, 1.54) is 57.8 Å². The first-order chi connectivity index (χ1) is 7.62. The molecule has 0 aliphatic carbocycles. The van der Waals surface area contributed by atoms with E-state index in [1.807, 2.05) is 0 Å². The molecule has 0 aromatic heterocycles. The highest BCUT2D eigenvalue weighted by atomic mass is 28.2. The molecule has 0 bridgehead atoms. The maximum absolute atomic E-state index is 8.72. The lowest BCUT2D eigenvalue weighted by Gasteiger charge is -2.24. The Labute approximate surface area is 105 Å². The summed E-state index contributed by atoms with van der Waals surface area (Å²) in [5, 5.41) is 0. The maximum Gasteiger partial charge on any atom is 0.224 e. The summed E-state index contributed by atoms with van der Waals surface area (Å²) in [6.45, 7) is 7.09. The maximum atomic E-state index is 8.72. The van der Waals surface area contributed by atoms with Crippen molar-refractivity contribution in [3.63, 3.8) is 0 Å².